The highest BCUT2D eigenvalue weighted by Crippen LogP contribution is 2.22. The molecule has 98 valence electrons. The van der Waals surface area contributed by atoms with E-state index in [1.807, 2.05) is 0 Å². The Bertz CT molecular complexity index is 465. The third-order valence-electron chi connectivity index (χ3n) is 2.96. The van der Waals surface area contributed by atoms with E-state index in [4.69, 9.17) is 4.74 Å². The van der Waals surface area contributed by atoms with Gasteiger partial charge in [-0.25, -0.2) is 9.78 Å². The van der Waals surface area contributed by atoms with Gasteiger partial charge in [-0.1, -0.05) is 0 Å². The Morgan fingerprint density at radius 2 is 2.17 bits per heavy atom. The number of carboxylic acid groups (broad SMARTS) is 1. The first-order chi connectivity index (χ1) is 8.53. The lowest BCUT2D eigenvalue weighted by atomic mass is 9.90. The fraction of sp³-hybridized carbons (Fsp3) is 0.545. The summed E-state index contributed by atoms with van der Waals surface area (Å²) in [5, 5.41) is 14.3. The van der Waals surface area contributed by atoms with Gasteiger partial charge in [0.1, 0.15) is 11.2 Å². The van der Waals surface area contributed by atoms with Gasteiger partial charge in [-0.05, 0) is 6.92 Å². The molecule has 0 bridgehead atoms. The molecule has 0 saturated carbocycles. The van der Waals surface area contributed by atoms with Crippen LogP contribution in [-0.4, -0.2) is 40.7 Å². The maximum atomic E-state index is 12.0. The summed E-state index contributed by atoms with van der Waals surface area (Å²) in [6.45, 7) is 2.47. The molecule has 18 heavy (non-hydrogen) atoms. The van der Waals surface area contributed by atoms with E-state index in [1.165, 1.54) is 11.3 Å². The average molecular weight is 270 g/mol. The van der Waals surface area contributed by atoms with E-state index in [0.29, 0.717) is 13.2 Å². The Hall–Kier alpha value is -1.47. The van der Waals surface area contributed by atoms with E-state index < -0.39 is 17.4 Å². The smallest absolute Gasteiger partial charge is 0.329 e. The fourth-order valence-electron chi connectivity index (χ4n) is 1.86. The molecule has 1 aliphatic rings. The van der Waals surface area contributed by atoms with Crippen LogP contribution >= 0.6 is 11.3 Å². The van der Waals surface area contributed by atoms with Gasteiger partial charge in [-0.2, -0.15) is 0 Å². The molecule has 0 unspecified atom stereocenters. The van der Waals surface area contributed by atoms with Crippen molar-refractivity contribution in [1.82, 2.24) is 10.3 Å². The molecule has 1 amide bonds. The van der Waals surface area contributed by atoms with Crippen LogP contribution in [-0.2, 0) is 9.53 Å². The Kier molecular flexibility index (Phi) is 3.63. The second-order valence-electron chi connectivity index (χ2n) is 4.21. The van der Waals surface area contributed by atoms with E-state index in [-0.39, 0.29) is 18.5 Å². The summed E-state index contributed by atoms with van der Waals surface area (Å²) in [4.78, 5) is 27.4. The van der Waals surface area contributed by atoms with Crippen molar-refractivity contribution in [2.24, 2.45) is 0 Å². The monoisotopic (exact) mass is 270 g/mol. The lowest BCUT2D eigenvalue weighted by Gasteiger charge is -2.33. The summed E-state index contributed by atoms with van der Waals surface area (Å²) < 4.78 is 5.14. The van der Waals surface area contributed by atoms with Gasteiger partial charge in [0.25, 0.3) is 5.91 Å². The third-order valence-corrected chi connectivity index (χ3v) is 3.73. The van der Waals surface area contributed by atoms with Crippen molar-refractivity contribution in [1.29, 1.82) is 0 Å². The number of carboxylic acids is 1. The average Bonchev–Trinajstić information content (AvgIpc) is 2.77. The number of hydrogen-bond donors (Lipinski definition) is 2. The Morgan fingerprint density at radius 3 is 2.67 bits per heavy atom. The van der Waals surface area contributed by atoms with Crippen molar-refractivity contribution in [3.8, 4) is 0 Å². The van der Waals surface area contributed by atoms with Gasteiger partial charge >= 0.3 is 5.97 Å². The summed E-state index contributed by atoms with van der Waals surface area (Å²) in [6, 6.07) is 0. The largest absolute Gasteiger partial charge is 0.480 e. The normalized spacial score (nSPS) is 18.3. The van der Waals surface area contributed by atoms with E-state index in [2.05, 4.69) is 10.3 Å². The highest BCUT2D eigenvalue weighted by atomic mass is 32.1. The van der Waals surface area contributed by atoms with Crippen LogP contribution in [0.1, 0.15) is 28.3 Å². The molecule has 0 spiro atoms. The number of carbonyl (C=O) groups is 2. The molecule has 2 rings (SSSR count). The minimum Gasteiger partial charge on any atom is -0.480 e. The number of rotatable bonds is 3. The van der Waals surface area contributed by atoms with Crippen molar-refractivity contribution in [3.63, 3.8) is 0 Å². The number of hydrogen-bond acceptors (Lipinski definition) is 5. The summed E-state index contributed by atoms with van der Waals surface area (Å²) in [5.74, 6) is -1.46. The first-order valence-electron chi connectivity index (χ1n) is 5.59. The maximum absolute atomic E-state index is 12.0. The van der Waals surface area contributed by atoms with Gasteiger partial charge in [0.15, 0.2) is 0 Å². The highest BCUT2D eigenvalue weighted by Gasteiger charge is 2.42. The number of carbonyl (C=O) groups excluding carboxylic acids is 1. The molecule has 0 atom stereocenters. The zero-order valence-electron chi connectivity index (χ0n) is 9.93. The lowest BCUT2D eigenvalue weighted by molar-refractivity contribution is -0.148. The summed E-state index contributed by atoms with van der Waals surface area (Å²) in [7, 11) is 0. The van der Waals surface area contributed by atoms with Crippen molar-refractivity contribution in [2.45, 2.75) is 25.3 Å². The van der Waals surface area contributed by atoms with Crippen molar-refractivity contribution in [3.05, 3.63) is 16.1 Å². The maximum Gasteiger partial charge on any atom is 0.329 e. The Morgan fingerprint density at radius 1 is 1.50 bits per heavy atom. The standard InChI is InChI=1S/C11H14N2O4S/c1-7-12-8(6-18-7)9(14)13-11(10(15)16)2-4-17-5-3-11/h6H,2-5H2,1H3,(H,13,14)(H,15,16). The van der Waals surface area contributed by atoms with Gasteiger partial charge in [-0.3, -0.25) is 4.79 Å². The van der Waals surface area contributed by atoms with Gasteiger partial charge in [0.05, 0.1) is 5.01 Å². The number of ether oxygens (including phenoxy) is 1. The molecule has 2 N–H and O–H groups in total. The van der Waals surface area contributed by atoms with Gasteiger partial charge in [0, 0.05) is 31.4 Å². The Balaban J connectivity index is 2.14. The molecular weight excluding hydrogens is 256 g/mol. The van der Waals surface area contributed by atoms with Crippen LogP contribution in [0.3, 0.4) is 0 Å². The zero-order valence-corrected chi connectivity index (χ0v) is 10.7. The molecule has 1 aromatic heterocycles. The minimum absolute atomic E-state index is 0.268. The molecule has 7 heteroatoms. The molecular formula is C11H14N2O4S. The lowest BCUT2D eigenvalue weighted by Crippen LogP contribution is -2.57. The summed E-state index contributed by atoms with van der Waals surface area (Å²) >= 11 is 1.36. The minimum atomic E-state index is -1.23. The SMILES string of the molecule is Cc1nc(C(=O)NC2(C(=O)O)CCOCC2)cs1. The highest BCUT2D eigenvalue weighted by molar-refractivity contribution is 7.09. The summed E-state index contributed by atoms with van der Waals surface area (Å²) in [6.07, 6.45) is 0.550. The molecule has 1 aliphatic heterocycles. The van der Waals surface area contributed by atoms with Crippen LogP contribution in [0, 0.1) is 6.92 Å². The van der Waals surface area contributed by atoms with Crippen LogP contribution < -0.4 is 5.32 Å². The second kappa shape index (κ2) is 5.03. The first kappa shape index (κ1) is 13.0. The predicted octanol–water partition coefficient (Wildman–Crippen LogP) is 0.815. The van der Waals surface area contributed by atoms with E-state index >= 15 is 0 Å². The van der Waals surface area contributed by atoms with Crippen molar-refractivity contribution in [2.75, 3.05) is 13.2 Å². The van der Waals surface area contributed by atoms with E-state index in [0.717, 1.165) is 5.01 Å². The van der Waals surface area contributed by atoms with Crippen molar-refractivity contribution >= 4 is 23.2 Å². The second-order valence-corrected chi connectivity index (χ2v) is 5.27. The van der Waals surface area contributed by atoms with Gasteiger partial charge in [0.2, 0.25) is 0 Å². The van der Waals surface area contributed by atoms with Crippen LogP contribution in [0.2, 0.25) is 0 Å². The first-order valence-corrected chi connectivity index (χ1v) is 6.47. The zero-order chi connectivity index (χ0) is 13.2. The van der Waals surface area contributed by atoms with E-state index in [9.17, 15) is 14.7 Å². The molecule has 1 saturated heterocycles. The van der Waals surface area contributed by atoms with Crippen LogP contribution in [0.25, 0.3) is 0 Å². The number of nitrogens with one attached hydrogen (secondary N) is 1. The Labute approximate surface area is 108 Å². The van der Waals surface area contributed by atoms with Crippen molar-refractivity contribution < 1.29 is 19.4 Å². The van der Waals surface area contributed by atoms with Crippen LogP contribution in [0.5, 0.6) is 0 Å². The summed E-state index contributed by atoms with van der Waals surface area (Å²) in [5.41, 5.74) is -0.961. The molecule has 1 aromatic rings. The molecule has 0 radical (unpaired) electrons. The molecule has 2 heterocycles. The van der Waals surface area contributed by atoms with Gasteiger partial charge in [-0.15, -0.1) is 11.3 Å². The quantitative estimate of drug-likeness (QED) is 0.848. The molecule has 6 nitrogen and oxygen atoms in total. The molecule has 1 fully saturated rings. The number of aliphatic carboxylic acids is 1. The van der Waals surface area contributed by atoms with E-state index in [1.54, 1.807) is 12.3 Å². The number of amides is 1. The number of aromatic nitrogens is 1. The molecule has 0 aromatic carbocycles. The number of aryl methyl sites for hydroxylation is 1. The van der Waals surface area contributed by atoms with Crippen LogP contribution in [0.4, 0.5) is 0 Å². The van der Waals surface area contributed by atoms with Crippen LogP contribution in [0.15, 0.2) is 5.38 Å². The number of thiazole rings is 1. The predicted molar refractivity (Wildman–Crippen MR) is 64.7 cm³/mol. The third kappa shape index (κ3) is 2.51. The van der Waals surface area contributed by atoms with Gasteiger partial charge < -0.3 is 15.2 Å². The topological polar surface area (TPSA) is 88.5 Å². The number of nitrogens with zero attached hydrogens (tertiary/aromatic N) is 1. The fourth-order valence-corrected chi connectivity index (χ4v) is 2.45. The molecule has 0 aliphatic carbocycles.